The van der Waals surface area contributed by atoms with Gasteiger partial charge >= 0.3 is 6.03 Å². The smallest absolute Gasteiger partial charge is 0.321 e. The van der Waals surface area contributed by atoms with E-state index in [-0.39, 0.29) is 17.8 Å². The van der Waals surface area contributed by atoms with Gasteiger partial charge in [-0.25, -0.2) is 4.79 Å². The minimum Gasteiger partial charge on any atom is -0.339 e. The Labute approximate surface area is 189 Å². The quantitative estimate of drug-likeness (QED) is 0.802. The van der Waals surface area contributed by atoms with Gasteiger partial charge in [-0.2, -0.15) is 0 Å². The lowest BCUT2D eigenvalue weighted by Crippen LogP contribution is -2.39. The first-order valence-electron chi connectivity index (χ1n) is 11.3. The van der Waals surface area contributed by atoms with Crippen molar-refractivity contribution >= 4 is 23.5 Å². The highest BCUT2D eigenvalue weighted by molar-refractivity contribution is 6.04. The fourth-order valence-electron chi connectivity index (χ4n) is 4.42. The predicted octanol–water partition coefficient (Wildman–Crippen LogP) is 3.61. The summed E-state index contributed by atoms with van der Waals surface area (Å²) < 4.78 is 0. The summed E-state index contributed by atoms with van der Waals surface area (Å²) in [7, 11) is 0. The second-order valence-corrected chi connectivity index (χ2v) is 8.43. The molecule has 2 aliphatic rings. The molecule has 0 spiro atoms. The fraction of sp³-hybridized carbons (Fsp3) is 0.400. The molecule has 7 nitrogen and oxygen atoms in total. The third kappa shape index (κ3) is 4.77. The first-order valence-corrected chi connectivity index (χ1v) is 11.3. The van der Waals surface area contributed by atoms with Crippen molar-refractivity contribution in [2.24, 2.45) is 0 Å². The van der Waals surface area contributed by atoms with Gasteiger partial charge in [-0.05, 0) is 49.9 Å². The van der Waals surface area contributed by atoms with Gasteiger partial charge in [-0.3, -0.25) is 9.59 Å². The Bertz CT molecular complexity index is 986. The monoisotopic (exact) mass is 434 g/mol. The zero-order chi connectivity index (χ0) is 22.5. The zero-order valence-corrected chi connectivity index (χ0v) is 18.5. The average Bonchev–Trinajstić information content (AvgIpc) is 3.23. The first-order chi connectivity index (χ1) is 15.5. The number of carbonyl (C=O) groups is 3. The molecule has 0 unspecified atom stereocenters. The Morgan fingerprint density at radius 1 is 0.688 bits per heavy atom. The number of benzene rings is 2. The van der Waals surface area contributed by atoms with Crippen LogP contribution >= 0.6 is 0 Å². The van der Waals surface area contributed by atoms with Crippen LogP contribution in [0, 0.1) is 6.92 Å². The molecule has 2 aliphatic heterocycles. The molecule has 2 aromatic rings. The summed E-state index contributed by atoms with van der Waals surface area (Å²) in [5.41, 5.74) is 2.64. The van der Waals surface area contributed by atoms with Gasteiger partial charge in [0.15, 0.2) is 0 Å². The normalized spacial score (nSPS) is 16.6. The third-order valence-electron chi connectivity index (χ3n) is 6.21. The minimum absolute atomic E-state index is 0.00922. The van der Waals surface area contributed by atoms with Crippen LogP contribution < -0.4 is 5.32 Å². The number of rotatable bonds is 3. The molecule has 1 N–H and O–H groups in total. The molecule has 0 saturated carbocycles. The van der Waals surface area contributed by atoms with Crippen LogP contribution in [0.4, 0.5) is 10.5 Å². The summed E-state index contributed by atoms with van der Waals surface area (Å²) in [5.74, 6) is -0.0311. The second-order valence-electron chi connectivity index (χ2n) is 8.43. The summed E-state index contributed by atoms with van der Waals surface area (Å²) in [6.07, 6.45) is 2.75. The summed E-state index contributed by atoms with van der Waals surface area (Å²) in [6, 6.07) is 14.5. The van der Waals surface area contributed by atoms with Gasteiger partial charge in [0.2, 0.25) is 0 Å². The number of amides is 4. The van der Waals surface area contributed by atoms with E-state index in [1.807, 2.05) is 54.3 Å². The van der Waals surface area contributed by atoms with Gasteiger partial charge in [-0.1, -0.05) is 30.3 Å². The van der Waals surface area contributed by atoms with E-state index < -0.39 is 0 Å². The standard InChI is InChI=1S/C25H30N4O3/c1-19-9-7-12-21(22(19)24(31)27-13-5-6-14-27)26-25(32)29-16-8-15-28(17-18-29)23(30)20-10-3-2-4-11-20/h2-4,7,9-12H,5-6,8,13-18H2,1H3,(H,26,32). The second kappa shape index (κ2) is 9.85. The van der Waals surface area contributed by atoms with Crippen LogP contribution in [0.2, 0.25) is 0 Å². The van der Waals surface area contributed by atoms with E-state index in [0.29, 0.717) is 49.4 Å². The molecule has 0 aromatic heterocycles. The molecule has 2 heterocycles. The fourth-order valence-corrected chi connectivity index (χ4v) is 4.42. The molecule has 0 atom stereocenters. The van der Waals surface area contributed by atoms with Crippen molar-refractivity contribution in [3.63, 3.8) is 0 Å². The largest absolute Gasteiger partial charge is 0.339 e. The third-order valence-corrected chi connectivity index (χ3v) is 6.21. The molecule has 0 bridgehead atoms. The van der Waals surface area contributed by atoms with Crippen molar-refractivity contribution in [3.05, 3.63) is 65.2 Å². The molecule has 0 aliphatic carbocycles. The Morgan fingerprint density at radius 3 is 2.06 bits per heavy atom. The number of aryl methyl sites for hydroxylation is 1. The zero-order valence-electron chi connectivity index (χ0n) is 18.5. The minimum atomic E-state index is -0.236. The maximum Gasteiger partial charge on any atom is 0.321 e. The Balaban J connectivity index is 1.43. The van der Waals surface area contributed by atoms with Crippen molar-refractivity contribution in [3.8, 4) is 0 Å². The summed E-state index contributed by atoms with van der Waals surface area (Å²) in [5, 5.41) is 2.97. The predicted molar refractivity (Wildman–Crippen MR) is 124 cm³/mol. The van der Waals surface area contributed by atoms with E-state index in [0.717, 1.165) is 31.5 Å². The summed E-state index contributed by atoms with van der Waals surface area (Å²) >= 11 is 0. The molecule has 168 valence electrons. The van der Waals surface area contributed by atoms with Crippen molar-refractivity contribution < 1.29 is 14.4 Å². The molecule has 4 rings (SSSR count). The molecular weight excluding hydrogens is 404 g/mol. The number of nitrogens with zero attached hydrogens (tertiary/aromatic N) is 3. The molecule has 4 amide bonds. The van der Waals surface area contributed by atoms with E-state index >= 15 is 0 Å². The van der Waals surface area contributed by atoms with E-state index in [2.05, 4.69) is 5.32 Å². The average molecular weight is 435 g/mol. The Kier molecular flexibility index (Phi) is 6.73. The topological polar surface area (TPSA) is 73.0 Å². The molecule has 0 radical (unpaired) electrons. The lowest BCUT2D eigenvalue weighted by molar-refractivity contribution is 0.0760. The van der Waals surface area contributed by atoms with Crippen LogP contribution in [-0.2, 0) is 0 Å². The van der Waals surface area contributed by atoms with Crippen molar-refractivity contribution in [2.75, 3.05) is 44.6 Å². The van der Waals surface area contributed by atoms with E-state index in [1.54, 1.807) is 15.9 Å². The Hall–Kier alpha value is -3.35. The number of urea groups is 1. The Morgan fingerprint density at radius 2 is 1.31 bits per heavy atom. The number of nitrogens with one attached hydrogen (secondary N) is 1. The van der Waals surface area contributed by atoms with Crippen LogP contribution in [0.5, 0.6) is 0 Å². The number of carbonyl (C=O) groups excluding carboxylic acids is 3. The van der Waals surface area contributed by atoms with E-state index in [4.69, 9.17) is 0 Å². The van der Waals surface area contributed by atoms with Gasteiger partial charge < -0.3 is 20.0 Å². The maximum absolute atomic E-state index is 13.1. The summed E-state index contributed by atoms with van der Waals surface area (Å²) in [6.45, 7) is 5.53. The van der Waals surface area contributed by atoms with E-state index in [1.165, 1.54) is 0 Å². The lowest BCUT2D eigenvalue weighted by atomic mass is 10.1. The SMILES string of the molecule is Cc1cccc(NC(=O)N2CCCN(C(=O)c3ccccc3)CC2)c1C(=O)N1CCCC1. The number of anilines is 1. The van der Waals surface area contributed by atoms with Crippen LogP contribution in [0.1, 0.15) is 45.5 Å². The van der Waals surface area contributed by atoms with Gasteiger partial charge in [0.25, 0.3) is 11.8 Å². The van der Waals surface area contributed by atoms with Crippen molar-refractivity contribution in [1.29, 1.82) is 0 Å². The molecule has 2 aromatic carbocycles. The molecular formula is C25H30N4O3. The molecule has 2 fully saturated rings. The van der Waals surface area contributed by atoms with Crippen molar-refractivity contribution in [2.45, 2.75) is 26.2 Å². The number of hydrogen-bond donors (Lipinski definition) is 1. The first kappa shape index (κ1) is 21.9. The molecule has 32 heavy (non-hydrogen) atoms. The van der Waals surface area contributed by atoms with Crippen LogP contribution in [0.25, 0.3) is 0 Å². The molecule has 2 saturated heterocycles. The van der Waals surface area contributed by atoms with Crippen molar-refractivity contribution in [1.82, 2.24) is 14.7 Å². The van der Waals surface area contributed by atoms with Crippen LogP contribution in [-0.4, -0.2) is 71.8 Å². The number of likely N-dealkylation sites (tertiary alicyclic amines) is 1. The van der Waals surface area contributed by atoms with Crippen LogP contribution in [0.3, 0.4) is 0 Å². The highest BCUT2D eigenvalue weighted by Crippen LogP contribution is 2.24. The van der Waals surface area contributed by atoms with Gasteiger partial charge in [0, 0.05) is 44.8 Å². The highest BCUT2D eigenvalue weighted by atomic mass is 16.2. The summed E-state index contributed by atoms with van der Waals surface area (Å²) in [4.78, 5) is 44.3. The number of hydrogen-bond acceptors (Lipinski definition) is 3. The molecule has 7 heteroatoms. The lowest BCUT2D eigenvalue weighted by Gasteiger charge is -2.24. The van der Waals surface area contributed by atoms with Crippen LogP contribution in [0.15, 0.2) is 48.5 Å². The van der Waals surface area contributed by atoms with Gasteiger partial charge in [0.05, 0.1) is 11.3 Å². The highest BCUT2D eigenvalue weighted by Gasteiger charge is 2.26. The van der Waals surface area contributed by atoms with E-state index in [9.17, 15) is 14.4 Å². The van der Waals surface area contributed by atoms with Gasteiger partial charge in [0.1, 0.15) is 0 Å². The van der Waals surface area contributed by atoms with Gasteiger partial charge in [-0.15, -0.1) is 0 Å². The maximum atomic E-state index is 13.1.